The maximum absolute atomic E-state index is 6.32. The Bertz CT molecular complexity index is 765. The van der Waals surface area contributed by atoms with Gasteiger partial charge in [-0.25, -0.2) is 0 Å². The molecule has 2 rings (SSSR count). The Kier molecular flexibility index (Phi) is 12.4. The number of rotatable bonds is 13. The third kappa shape index (κ3) is 8.91. The highest BCUT2D eigenvalue weighted by Crippen LogP contribution is 2.29. The van der Waals surface area contributed by atoms with E-state index in [1.54, 1.807) is 0 Å². The van der Waals surface area contributed by atoms with Gasteiger partial charge in [-0.1, -0.05) is 82.1 Å². The number of nitrogens with zero attached hydrogens (tertiary/aromatic N) is 1. The molecule has 1 aromatic carbocycles. The van der Waals surface area contributed by atoms with Crippen molar-refractivity contribution in [2.45, 2.75) is 91.9 Å². The van der Waals surface area contributed by atoms with Gasteiger partial charge in [-0.2, -0.15) is 0 Å². The Hall–Kier alpha value is -1.31. The van der Waals surface area contributed by atoms with Gasteiger partial charge in [0.1, 0.15) is 0 Å². The zero-order chi connectivity index (χ0) is 23.3. The van der Waals surface area contributed by atoms with Crippen LogP contribution in [0.3, 0.4) is 0 Å². The molecule has 0 spiro atoms. The molecule has 0 unspecified atom stereocenters. The standard InChI is InChI=1S/C30H46ClN/c1-6-10-12-28-15-16-29(22-27(28)9-4)24(5)13-14-26-17-19-32(20-18-26)23-25(8-3)21-30(31)11-7-2/h11,15-16,21-22,26H,5-10,12-14,17-20,23H2,1-4H3/b25-21+,30-11+. The lowest BCUT2D eigenvalue weighted by Crippen LogP contribution is -2.35. The number of hydrogen-bond donors (Lipinski definition) is 0. The third-order valence-electron chi connectivity index (χ3n) is 6.98. The zero-order valence-corrected chi connectivity index (χ0v) is 21.9. The van der Waals surface area contributed by atoms with Crippen molar-refractivity contribution in [3.05, 3.63) is 64.2 Å². The number of aryl methyl sites for hydroxylation is 2. The Morgan fingerprint density at radius 2 is 1.88 bits per heavy atom. The number of allylic oxidation sites excluding steroid dienone is 4. The molecule has 0 radical (unpaired) electrons. The zero-order valence-electron chi connectivity index (χ0n) is 21.2. The third-order valence-corrected chi connectivity index (χ3v) is 7.24. The van der Waals surface area contributed by atoms with Gasteiger partial charge < -0.3 is 0 Å². The first-order valence-electron chi connectivity index (χ1n) is 13.1. The van der Waals surface area contributed by atoms with E-state index in [-0.39, 0.29) is 0 Å². The lowest BCUT2D eigenvalue weighted by Gasteiger charge is -2.32. The molecular formula is C30H46ClN. The summed E-state index contributed by atoms with van der Waals surface area (Å²) in [5, 5.41) is 0.891. The Balaban J connectivity index is 1.81. The number of halogens is 1. The van der Waals surface area contributed by atoms with Crippen molar-refractivity contribution in [2.24, 2.45) is 5.92 Å². The summed E-state index contributed by atoms with van der Waals surface area (Å²) in [4.78, 5) is 2.61. The van der Waals surface area contributed by atoms with Gasteiger partial charge in [0.25, 0.3) is 0 Å². The molecule has 0 amide bonds. The minimum Gasteiger partial charge on any atom is -0.299 e. The second-order valence-corrected chi connectivity index (χ2v) is 9.89. The fraction of sp³-hybridized carbons (Fsp3) is 0.600. The lowest BCUT2D eigenvalue weighted by molar-refractivity contribution is 0.191. The lowest BCUT2D eigenvalue weighted by atomic mass is 9.88. The summed E-state index contributed by atoms with van der Waals surface area (Å²) in [7, 11) is 0. The average molecular weight is 456 g/mol. The molecule has 1 aliphatic rings. The molecule has 1 saturated heterocycles. The maximum Gasteiger partial charge on any atom is 0.0366 e. The summed E-state index contributed by atoms with van der Waals surface area (Å²) in [6.07, 6.45) is 16.2. The second-order valence-electron chi connectivity index (χ2n) is 9.46. The molecule has 0 atom stereocenters. The van der Waals surface area contributed by atoms with E-state index in [9.17, 15) is 0 Å². The molecule has 2 heteroatoms. The Morgan fingerprint density at radius 1 is 1.12 bits per heavy atom. The van der Waals surface area contributed by atoms with Crippen LogP contribution in [0.15, 0.2) is 47.5 Å². The second kappa shape index (κ2) is 14.8. The van der Waals surface area contributed by atoms with Crippen LogP contribution in [0.5, 0.6) is 0 Å². The first-order valence-corrected chi connectivity index (χ1v) is 13.5. The number of piperidine rings is 1. The van der Waals surface area contributed by atoms with Crippen LogP contribution in [0.1, 0.15) is 95.8 Å². The topological polar surface area (TPSA) is 3.24 Å². The van der Waals surface area contributed by atoms with E-state index in [1.165, 1.54) is 79.5 Å². The predicted octanol–water partition coefficient (Wildman–Crippen LogP) is 8.97. The van der Waals surface area contributed by atoms with Gasteiger partial charge in [-0.15, -0.1) is 0 Å². The molecule has 0 bridgehead atoms. The maximum atomic E-state index is 6.32. The number of unbranched alkanes of at least 4 members (excludes halogenated alkanes) is 1. The normalized spacial score (nSPS) is 16.5. The van der Waals surface area contributed by atoms with Crippen molar-refractivity contribution in [1.82, 2.24) is 4.90 Å². The van der Waals surface area contributed by atoms with Crippen LogP contribution >= 0.6 is 11.6 Å². The van der Waals surface area contributed by atoms with E-state index in [1.807, 2.05) is 0 Å². The quantitative estimate of drug-likeness (QED) is 0.268. The van der Waals surface area contributed by atoms with Crippen molar-refractivity contribution in [1.29, 1.82) is 0 Å². The van der Waals surface area contributed by atoms with Gasteiger partial charge >= 0.3 is 0 Å². The summed E-state index contributed by atoms with van der Waals surface area (Å²) in [6.45, 7) is 16.8. The summed E-state index contributed by atoms with van der Waals surface area (Å²) in [5.41, 5.74) is 7.16. The van der Waals surface area contributed by atoms with Crippen LogP contribution in [0, 0.1) is 5.92 Å². The summed E-state index contributed by atoms with van der Waals surface area (Å²) < 4.78 is 0. The first-order chi connectivity index (χ1) is 15.5. The van der Waals surface area contributed by atoms with Gasteiger partial charge in [0.05, 0.1) is 0 Å². The van der Waals surface area contributed by atoms with Gasteiger partial charge in [0.15, 0.2) is 0 Å². The average Bonchev–Trinajstić information content (AvgIpc) is 2.81. The van der Waals surface area contributed by atoms with E-state index >= 15 is 0 Å². The van der Waals surface area contributed by atoms with Crippen molar-refractivity contribution in [3.63, 3.8) is 0 Å². The highest BCUT2D eigenvalue weighted by atomic mass is 35.5. The molecule has 0 aromatic heterocycles. The Morgan fingerprint density at radius 3 is 2.50 bits per heavy atom. The number of benzene rings is 1. The summed E-state index contributed by atoms with van der Waals surface area (Å²) in [5.74, 6) is 0.829. The SMILES string of the molecule is C=C(CCC1CCN(C/C(=C/C(Cl)=C\CC)CC)CC1)c1ccc(CCCC)c(CC)c1. The number of hydrogen-bond acceptors (Lipinski definition) is 1. The minimum absolute atomic E-state index is 0.829. The van der Waals surface area contributed by atoms with Crippen LogP contribution in [-0.2, 0) is 12.8 Å². The van der Waals surface area contributed by atoms with Gasteiger partial charge in [-0.05, 0) is 105 Å². The molecule has 0 saturated carbocycles. The van der Waals surface area contributed by atoms with Crippen molar-refractivity contribution >= 4 is 17.2 Å². The molecule has 0 N–H and O–H groups in total. The fourth-order valence-corrected chi connectivity index (χ4v) is 5.05. The monoisotopic (exact) mass is 455 g/mol. The van der Waals surface area contributed by atoms with E-state index in [2.05, 4.69) is 69.5 Å². The highest BCUT2D eigenvalue weighted by Gasteiger charge is 2.20. The molecular weight excluding hydrogens is 410 g/mol. The predicted molar refractivity (Wildman–Crippen MR) is 144 cm³/mol. The highest BCUT2D eigenvalue weighted by molar-refractivity contribution is 6.31. The van der Waals surface area contributed by atoms with Crippen molar-refractivity contribution in [2.75, 3.05) is 19.6 Å². The van der Waals surface area contributed by atoms with Crippen LogP contribution in [0.4, 0.5) is 0 Å². The van der Waals surface area contributed by atoms with E-state index in [0.717, 1.165) is 43.2 Å². The van der Waals surface area contributed by atoms with Crippen molar-refractivity contribution in [3.8, 4) is 0 Å². The molecule has 178 valence electrons. The molecule has 1 nitrogen and oxygen atoms in total. The first kappa shape index (κ1) is 26.9. The minimum atomic E-state index is 0.829. The number of likely N-dealkylation sites (tertiary alicyclic amines) is 1. The van der Waals surface area contributed by atoms with E-state index in [4.69, 9.17) is 11.6 Å². The smallest absolute Gasteiger partial charge is 0.0366 e. The van der Waals surface area contributed by atoms with Gasteiger partial charge in [0, 0.05) is 11.6 Å². The van der Waals surface area contributed by atoms with Crippen LogP contribution in [0.25, 0.3) is 5.57 Å². The summed E-state index contributed by atoms with van der Waals surface area (Å²) in [6, 6.07) is 7.08. The van der Waals surface area contributed by atoms with Crippen LogP contribution < -0.4 is 0 Å². The molecule has 0 aliphatic carbocycles. The van der Waals surface area contributed by atoms with Crippen LogP contribution in [-0.4, -0.2) is 24.5 Å². The molecule has 1 aromatic rings. The van der Waals surface area contributed by atoms with Gasteiger partial charge in [0.2, 0.25) is 0 Å². The van der Waals surface area contributed by atoms with Gasteiger partial charge in [-0.3, -0.25) is 4.90 Å². The Labute approximate surface area is 203 Å². The molecule has 1 heterocycles. The summed E-state index contributed by atoms with van der Waals surface area (Å²) >= 11 is 6.32. The fourth-order valence-electron chi connectivity index (χ4n) is 4.74. The van der Waals surface area contributed by atoms with Crippen LogP contribution in [0.2, 0.25) is 0 Å². The molecule has 32 heavy (non-hydrogen) atoms. The molecule has 1 fully saturated rings. The largest absolute Gasteiger partial charge is 0.299 e. The van der Waals surface area contributed by atoms with E-state index < -0.39 is 0 Å². The molecule has 1 aliphatic heterocycles. The van der Waals surface area contributed by atoms with Crippen molar-refractivity contribution < 1.29 is 0 Å². The van der Waals surface area contributed by atoms with E-state index in [0.29, 0.717) is 0 Å².